The van der Waals surface area contributed by atoms with Crippen LogP contribution in [0.15, 0.2) is 52.3 Å². The minimum atomic E-state index is -0.240. The topological polar surface area (TPSA) is 76.4 Å². The van der Waals surface area contributed by atoms with Crippen LogP contribution in [0.2, 0.25) is 0 Å². The second-order valence-corrected chi connectivity index (χ2v) is 9.39. The Balaban J connectivity index is 1.52. The van der Waals surface area contributed by atoms with Crippen LogP contribution in [0.5, 0.6) is 11.5 Å². The Labute approximate surface area is 205 Å². The zero-order valence-electron chi connectivity index (χ0n) is 18.7. The number of thioether (sulfide) groups is 1. The van der Waals surface area contributed by atoms with E-state index in [1.165, 1.54) is 21.1 Å². The van der Waals surface area contributed by atoms with E-state index in [9.17, 15) is 9.59 Å². The molecule has 0 aliphatic carbocycles. The molecule has 0 saturated carbocycles. The number of nitrogens with zero attached hydrogens (tertiary/aromatic N) is 4. The lowest BCUT2D eigenvalue weighted by Gasteiger charge is -2.22. The van der Waals surface area contributed by atoms with Crippen molar-refractivity contribution in [2.45, 2.75) is 20.4 Å². The summed E-state index contributed by atoms with van der Waals surface area (Å²) in [6.07, 6.45) is 3.31. The van der Waals surface area contributed by atoms with Crippen LogP contribution in [0.4, 0.5) is 5.82 Å². The van der Waals surface area contributed by atoms with Crippen molar-refractivity contribution >= 4 is 51.7 Å². The summed E-state index contributed by atoms with van der Waals surface area (Å²) in [5.74, 6) is 1.65. The Morgan fingerprint density at radius 3 is 2.74 bits per heavy atom. The number of hydrogen-bond donors (Lipinski definition) is 0. The number of ether oxygens (including phenoxy) is 2. The molecule has 0 spiro atoms. The monoisotopic (exact) mass is 494 g/mol. The number of rotatable bonds is 6. The van der Waals surface area contributed by atoms with Crippen LogP contribution in [0, 0.1) is 0 Å². The van der Waals surface area contributed by atoms with Gasteiger partial charge in [0, 0.05) is 19.3 Å². The molecule has 5 rings (SSSR count). The van der Waals surface area contributed by atoms with Gasteiger partial charge in [0.1, 0.15) is 15.8 Å². The third kappa shape index (κ3) is 3.92. The maximum Gasteiger partial charge on any atom is 0.267 e. The lowest BCUT2D eigenvalue weighted by molar-refractivity contribution is -0.122. The van der Waals surface area contributed by atoms with E-state index in [0.717, 1.165) is 5.56 Å². The third-order valence-corrected chi connectivity index (χ3v) is 7.12. The van der Waals surface area contributed by atoms with Gasteiger partial charge in [0.2, 0.25) is 6.79 Å². The largest absolute Gasteiger partial charge is 0.454 e. The molecule has 0 N–H and O–H groups in total. The molecule has 1 saturated heterocycles. The molecule has 34 heavy (non-hydrogen) atoms. The highest BCUT2D eigenvalue weighted by atomic mass is 32.2. The van der Waals surface area contributed by atoms with E-state index in [-0.39, 0.29) is 18.3 Å². The Bertz CT molecular complexity index is 1400. The zero-order valence-corrected chi connectivity index (χ0v) is 20.3. The molecular weight excluding hydrogens is 472 g/mol. The highest BCUT2D eigenvalue weighted by molar-refractivity contribution is 8.26. The number of hydrogen-bond acceptors (Lipinski definition) is 8. The van der Waals surface area contributed by atoms with Gasteiger partial charge in [0.15, 0.2) is 11.5 Å². The molecule has 0 atom stereocenters. The van der Waals surface area contributed by atoms with Crippen molar-refractivity contribution in [1.82, 2.24) is 14.3 Å². The fourth-order valence-corrected chi connectivity index (χ4v) is 5.21. The van der Waals surface area contributed by atoms with Gasteiger partial charge in [-0.15, -0.1) is 0 Å². The third-order valence-electron chi connectivity index (χ3n) is 5.74. The number of benzene rings is 1. The van der Waals surface area contributed by atoms with Crippen LogP contribution >= 0.6 is 24.0 Å². The normalized spacial score (nSPS) is 16.2. The molecule has 0 radical (unpaired) electrons. The van der Waals surface area contributed by atoms with Crippen LogP contribution in [0.3, 0.4) is 0 Å². The number of thiocarbonyl (C=S) groups is 1. The van der Waals surface area contributed by atoms with E-state index in [0.29, 0.717) is 57.4 Å². The first-order chi connectivity index (χ1) is 16.5. The van der Waals surface area contributed by atoms with Gasteiger partial charge in [0.25, 0.3) is 11.5 Å². The Morgan fingerprint density at radius 2 is 1.94 bits per heavy atom. The molecule has 0 bridgehead atoms. The van der Waals surface area contributed by atoms with Crippen molar-refractivity contribution in [1.29, 1.82) is 0 Å². The van der Waals surface area contributed by atoms with Gasteiger partial charge < -0.3 is 14.4 Å². The Morgan fingerprint density at radius 1 is 1.15 bits per heavy atom. The highest BCUT2D eigenvalue weighted by Gasteiger charge is 2.33. The van der Waals surface area contributed by atoms with Crippen LogP contribution in [0.1, 0.15) is 25.0 Å². The van der Waals surface area contributed by atoms with Gasteiger partial charge in [-0.1, -0.05) is 36.1 Å². The zero-order chi connectivity index (χ0) is 23.8. The predicted octanol–water partition coefficient (Wildman–Crippen LogP) is 3.67. The lowest BCUT2D eigenvalue weighted by atomic mass is 10.2. The number of fused-ring (bicyclic) bond motifs is 2. The molecule has 0 unspecified atom stereocenters. The highest BCUT2D eigenvalue weighted by Crippen LogP contribution is 2.37. The molecule has 10 heteroatoms. The van der Waals surface area contributed by atoms with Gasteiger partial charge in [-0.3, -0.25) is 18.9 Å². The quantitative estimate of drug-likeness (QED) is 0.380. The van der Waals surface area contributed by atoms with Gasteiger partial charge in [-0.25, -0.2) is 4.98 Å². The number of anilines is 1. The smallest absolute Gasteiger partial charge is 0.267 e. The maximum absolute atomic E-state index is 13.4. The molecule has 4 heterocycles. The number of amides is 1. The van der Waals surface area contributed by atoms with Crippen LogP contribution in [-0.2, 0) is 11.3 Å². The second-order valence-electron chi connectivity index (χ2n) is 7.71. The van der Waals surface area contributed by atoms with E-state index in [4.69, 9.17) is 26.7 Å². The van der Waals surface area contributed by atoms with E-state index >= 15 is 0 Å². The first-order valence-corrected chi connectivity index (χ1v) is 12.1. The summed E-state index contributed by atoms with van der Waals surface area (Å²) in [6.45, 7) is 5.86. The summed E-state index contributed by atoms with van der Waals surface area (Å²) in [5.41, 5.74) is 1.57. The molecule has 1 amide bonds. The summed E-state index contributed by atoms with van der Waals surface area (Å²) in [4.78, 5) is 35.4. The van der Waals surface area contributed by atoms with Crippen LogP contribution in [0.25, 0.3) is 11.7 Å². The van der Waals surface area contributed by atoms with Crippen molar-refractivity contribution in [3.63, 3.8) is 0 Å². The molecular formula is C24H22N4O4S2. The van der Waals surface area contributed by atoms with Crippen molar-refractivity contribution < 1.29 is 14.3 Å². The van der Waals surface area contributed by atoms with Crippen molar-refractivity contribution in [3.8, 4) is 11.5 Å². The molecule has 8 nitrogen and oxygen atoms in total. The first kappa shape index (κ1) is 22.4. The van der Waals surface area contributed by atoms with Crippen LogP contribution in [-0.4, -0.2) is 44.4 Å². The fourth-order valence-electron chi connectivity index (χ4n) is 3.97. The van der Waals surface area contributed by atoms with Gasteiger partial charge in [-0.05, 0) is 49.8 Å². The Hall–Kier alpha value is -3.37. The average Bonchev–Trinajstić information content (AvgIpc) is 3.41. The molecule has 2 aliphatic heterocycles. The average molecular weight is 495 g/mol. The molecule has 1 fully saturated rings. The Kier molecular flexibility index (Phi) is 6.01. The summed E-state index contributed by atoms with van der Waals surface area (Å²) in [5, 5.41) is 0. The summed E-state index contributed by atoms with van der Waals surface area (Å²) >= 11 is 6.70. The van der Waals surface area contributed by atoms with Gasteiger partial charge in [0.05, 0.1) is 17.0 Å². The number of pyridine rings is 1. The van der Waals surface area contributed by atoms with Gasteiger partial charge >= 0.3 is 0 Å². The van der Waals surface area contributed by atoms with E-state index in [2.05, 4.69) is 0 Å². The van der Waals surface area contributed by atoms with Crippen molar-refractivity contribution in [3.05, 3.63) is 69.0 Å². The fraction of sp³-hybridized carbons (Fsp3) is 0.250. The summed E-state index contributed by atoms with van der Waals surface area (Å²) in [7, 11) is 0. The standard InChI is InChI=1S/C24H22N4O4S2/c1-3-26(4-2)21-16(22(29)27-10-6-5-7-20(27)25-21)12-19-23(30)28(24(33)34-19)13-15-8-9-17-18(11-15)32-14-31-17/h5-12H,3-4,13-14H2,1-2H3/b19-12+. The molecule has 3 aromatic rings. The van der Waals surface area contributed by atoms with Gasteiger partial charge in [-0.2, -0.15) is 0 Å². The van der Waals surface area contributed by atoms with E-state index in [1.54, 1.807) is 24.4 Å². The minimum absolute atomic E-state index is 0.187. The number of carbonyl (C=O) groups excluding carboxylic acids is 1. The lowest BCUT2D eigenvalue weighted by Crippen LogP contribution is -2.29. The van der Waals surface area contributed by atoms with Crippen molar-refractivity contribution in [2.24, 2.45) is 0 Å². The molecule has 174 valence electrons. The summed E-state index contributed by atoms with van der Waals surface area (Å²) in [6, 6.07) is 11.0. The minimum Gasteiger partial charge on any atom is -0.454 e. The molecule has 1 aromatic carbocycles. The van der Waals surface area contributed by atoms with E-state index in [1.807, 2.05) is 43.0 Å². The van der Waals surface area contributed by atoms with E-state index < -0.39 is 0 Å². The number of aromatic nitrogens is 2. The van der Waals surface area contributed by atoms with Crippen molar-refractivity contribution in [2.75, 3.05) is 24.8 Å². The molecule has 2 aromatic heterocycles. The summed E-state index contributed by atoms with van der Waals surface area (Å²) < 4.78 is 12.7. The SMILES string of the molecule is CCN(CC)c1nc2ccccn2c(=O)c1/C=C1/SC(=S)N(Cc2ccc3c(c2)OCO3)C1=O. The van der Waals surface area contributed by atoms with Crippen LogP contribution < -0.4 is 19.9 Å². The molecule has 2 aliphatic rings. The predicted molar refractivity (Wildman–Crippen MR) is 136 cm³/mol. The number of carbonyl (C=O) groups is 1. The second kappa shape index (κ2) is 9.11. The first-order valence-electron chi connectivity index (χ1n) is 10.9. The maximum atomic E-state index is 13.4.